The molecule has 3 rings (SSSR count). The number of rotatable bonds is 3. The maximum Gasteiger partial charge on any atom is 0.178 e. The number of nitrogens with one attached hydrogen (secondary N) is 1. The second-order valence-electron chi connectivity index (χ2n) is 3.91. The van der Waals surface area contributed by atoms with Crippen molar-refractivity contribution in [2.24, 2.45) is 0 Å². The van der Waals surface area contributed by atoms with Crippen molar-refractivity contribution in [2.75, 3.05) is 0 Å². The molecule has 3 nitrogen and oxygen atoms in total. The fourth-order valence-electron chi connectivity index (χ4n) is 1.70. The van der Waals surface area contributed by atoms with Crippen LogP contribution < -0.4 is 0 Å². The molecule has 1 N–H and O–H groups in total. The van der Waals surface area contributed by atoms with Gasteiger partial charge in [-0.05, 0) is 24.3 Å². The lowest BCUT2D eigenvalue weighted by Crippen LogP contribution is -1.89. The van der Waals surface area contributed by atoms with Crippen LogP contribution in [0.25, 0.3) is 11.2 Å². The van der Waals surface area contributed by atoms with Gasteiger partial charge in [0, 0.05) is 22.5 Å². The van der Waals surface area contributed by atoms with Crippen LogP contribution in [0.3, 0.4) is 0 Å². The number of H-pyrrole nitrogens is 1. The lowest BCUT2D eigenvalue weighted by Gasteiger charge is -2.03. The van der Waals surface area contributed by atoms with Crippen molar-refractivity contribution in [2.45, 2.75) is 10.9 Å². The summed E-state index contributed by atoms with van der Waals surface area (Å²) in [4.78, 5) is 11.6. The average Bonchev–Trinajstić information content (AvgIpc) is 2.81. The third-order valence-corrected chi connectivity index (χ3v) is 3.90. The molecule has 0 aliphatic carbocycles. The van der Waals surface area contributed by atoms with E-state index in [4.69, 9.17) is 11.6 Å². The number of hydrogen-bond acceptors (Lipinski definition) is 3. The Bertz CT molecular complexity index is 675. The molecule has 0 radical (unpaired) electrons. The third kappa shape index (κ3) is 2.57. The zero-order valence-corrected chi connectivity index (χ0v) is 11.3. The first kappa shape index (κ1) is 12.4. The number of aromatic amines is 1. The Morgan fingerprint density at radius 1 is 1.26 bits per heavy atom. The monoisotopic (exact) mass is 293 g/mol. The first-order valence-electron chi connectivity index (χ1n) is 5.60. The van der Waals surface area contributed by atoms with Crippen molar-refractivity contribution >= 4 is 34.5 Å². The summed E-state index contributed by atoms with van der Waals surface area (Å²) in [6.07, 6.45) is 1.69. The van der Waals surface area contributed by atoms with Gasteiger partial charge in [-0.2, -0.15) is 0 Å². The number of benzene rings is 1. The molecule has 1 aromatic carbocycles. The Morgan fingerprint density at radius 3 is 2.95 bits per heavy atom. The van der Waals surface area contributed by atoms with Crippen LogP contribution in [0.15, 0.2) is 41.7 Å². The van der Waals surface area contributed by atoms with E-state index in [1.54, 1.807) is 18.3 Å². The van der Waals surface area contributed by atoms with Crippen LogP contribution in [0.2, 0.25) is 5.02 Å². The smallest absolute Gasteiger partial charge is 0.178 e. The SMILES string of the molecule is Fc1cccc(Cl)c1CSc1nc2ncccc2[nH]1. The highest BCUT2D eigenvalue weighted by Gasteiger charge is 2.09. The molecule has 6 heteroatoms. The van der Waals surface area contributed by atoms with Crippen molar-refractivity contribution in [1.29, 1.82) is 0 Å². The molecule has 0 unspecified atom stereocenters. The van der Waals surface area contributed by atoms with Crippen molar-refractivity contribution in [3.05, 3.63) is 52.9 Å². The Hall–Kier alpha value is -1.59. The minimum Gasteiger partial charge on any atom is -0.332 e. The summed E-state index contributed by atoms with van der Waals surface area (Å²) < 4.78 is 13.6. The summed E-state index contributed by atoms with van der Waals surface area (Å²) in [7, 11) is 0. The molecule has 0 aliphatic rings. The molecule has 0 saturated carbocycles. The highest BCUT2D eigenvalue weighted by atomic mass is 35.5. The van der Waals surface area contributed by atoms with Crippen LogP contribution in [0.5, 0.6) is 0 Å². The van der Waals surface area contributed by atoms with Gasteiger partial charge in [-0.3, -0.25) is 0 Å². The highest BCUT2D eigenvalue weighted by Crippen LogP contribution is 2.27. The van der Waals surface area contributed by atoms with Gasteiger partial charge >= 0.3 is 0 Å². The molecule has 2 heterocycles. The summed E-state index contributed by atoms with van der Waals surface area (Å²) in [6.45, 7) is 0. The predicted molar refractivity (Wildman–Crippen MR) is 74.9 cm³/mol. The van der Waals surface area contributed by atoms with E-state index in [1.165, 1.54) is 17.8 Å². The van der Waals surface area contributed by atoms with E-state index in [2.05, 4.69) is 15.0 Å². The molecule has 3 aromatic rings. The van der Waals surface area contributed by atoms with Crippen LogP contribution in [-0.4, -0.2) is 15.0 Å². The van der Waals surface area contributed by atoms with Gasteiger partial charge in [0.1, 0.15) is 5.82 Å². The molecular formula is C13H9ClFN3S. The largest absolute Gasteiger partial charge is 0.332 e. The number of thioether (sulfide) groups is 1. The molecule has 96 valence electrons. The van der Waals surface area contributed by atoms with E-state index in [1.807, 2.05) is 12.1 Å². The van der Waals surface area contributed by atoms with E-state index in [9.17, 15) is 4.39 Å². The van der Waals surface area contributed by atoms with Crippen LogP contribution in [0.4, 0.5) is 4.39 Å². The van der Waals surface area contributed by atoms with Crippen molar-refractivity contribution in [3.63, 3.8) is 0 Å². The first-order chi connectivity index (χ1) is 9.24. The van der Waals surface area contributed by atoms with Crippen LogP contribution >= 0.6 is 23.4 Å². The van der Waals surface area contributed by atoms with Gasteiger partial charge in [-0.25, -0.2) is 14.4 Å². The van der Waals surface area contributed by atoms with Crippen molar-refractivity contribution < 1.29 is 4.39 Å². The summed E-state index contributed by atoms with van der Waals surface area (Å²) in [6, 6.07) is 8.41. The minimum atomic E-state index is -0.297. The fourth-order valence-corrected chi connectivity index (χ4v) is 2.92. The number of halogens is 2. The molecule has 0 bridgehead atoms. The third-order valence-electron chi connectivity index (χ3n) is 2.65. The lowest BCUT2D eigenvalue weighted by molar-refractivity contribution is 0.617. The maximum atomic E-state index is 13.6. The van der Waals surface area contributed by atoms with Crippen LogP contribution in [0, 0.1) is 5.82 Å². The number of nitrogens with zero attached hydrogens (tertiary/aromatic N) is 2. The maximum absolute atomic E-state index is 13.6. The van der Waals surface area contributed by atoms with E-state index in [0.29, 0.717) is 27.1 Å². The summed E-state index contributed by atoms with van der Waals surface area (Å²) in [5.74, 6) is 0.125. The van der Waals surface area contributed by atoms with Gasteiger partial charge in [0.2, 0.25) is 0 Å². The minimum absolute atomic E-state index is 0.297. The van der Waals surface area contributed by atoms with Gasteiger partial charge in [0.25, 0.3) is 0 Å². The van der Waals surface area contributed by atoms with Gasteiger partial charge in [-0.15, -0.1) is 0 Å². The average molecular weight is 294 g/mol. The quantitative estimate of drug-likeness (QED) is 0.741. The van der Waals surface area contributed by atoms with Crippen LogP contribution in [-0.2, 0) is 5.75 Å². The van der Waals surface area contributed by atoms with E-state index in [0.717, 1.165) is 5.52 Å². The fraction of sp³-hybridized carbons (Fsp3) is 0.0769. The number of aromatic nitrogens is 3. The first-order valence-corrected chi connectivity index (χ1v) is 6.97. The molecule has 0 aliphatic heterocycles. The van der Waals surface area contributed by atoms with Gasteiger partial charge in [0.15, 0.2) is 10.8 Å². The number of fused-ring (bicyclic) bond motifs is 1. The standard InChI is InChI=1S/C13H9ClFN3S/c14-9-3-1-4-10(15)8(9)7-19-13-17-11-5-2-6-16-12(11)18-13/h1-6H,7H2,(H,16,17,18). The summed E-state index contributed by atoms with van der Waals surface area (Å²) >= 11 is 7.37. The molecule has 0 fully saturated rings. The molecule has 0 spiro atoms. The highest BCUT2D eigenvalue weighted by molar-refractivity contribution is 7.98. The summed E-state index contributed by atoms with van der Waals surface area (Å²) in [5.41, 5.74) is 2.01. The second kappa shape index (κ2) is 5.19. The topological polar surface area (TPSA) is 41.6 Å². The molecule has 19 heavy (non-hydrogen) atoms. The Labute approximate surface area is 118 Å². The number of pyridine rings is 1. The van der Waals surface area contributed by atoms with E-state index >= 15 is 0 Å². The second-order valence-corrected chi connectivity index (χ2v) is 5.28. The number of hydrogen-bond donors (Lipinski definition) is 1. The molecule has 2 aromatic heterocycles. The molecular weight excluding hydrogens is 285 g/mol. The Kier molecular flexibility index (Phi) is 3.40. The molecule has 0 saturated heterocycles. The van der Waals surface area contributed by atoms with E-state index in [-0.39, 0.29) is 5.82 Å². The van der Waals surface area contributed by atoms with Gasteiger partial charge < -0.3 is 4.98 Å². The Morgan fingerprint density at radius 2 is 2.16 bits per heavy atom. The predicted octanol–water partition coefficient (Wildman–Crippen LogP) is 4.04. The van der Waals surface area contributed by atoms with Crippen molar-refractivity contribution in [1.82, 2.24) is 15.0 Å². The van der Waals surface area contributed by atoms with E-state index < -0.39 is 0 Å². The zero-order chi connectivity index (χ0) is 13.2. The Balaban J connectivity index is 1.82. The molecule has 0 atom stereocenters. The lowest BCUT2D eigenvalue weighted by atomic mass is 10.2. The van der Waals surface area contributed by atoms with Gasteiger partial charge in [-0.1, -0.05) is 29.4 Å². The van der Waals surface area contributed by atoms with Crippen LogP contribution in [0.1, 0.15) is 5.56 Å². The van der Waals surface area contributed by atoms with Crippen molar-refractivity contribution in [3.8, 4) is 0 Å². The zero-order valence-electron chi connectivity index (χ0n) is 9.73. The number of imidazole rings is 1. The molecule has 0 amide bonds. The van der Waals surface area contributed by atoms with Gasteiger partial charge in [0.05, 0.1) is 5.52 Å². The normalized spacial score (nSPS) is 11.1. The summed E-state index contributed by atoms with van der Waals surface area (Å²) in [5, 5.41) is 1.13.